The topological polar surface area (TPSA) is 42.2 Å². The molecule has 1 aliphatic rings. The van der Waals surface area contributed by atoms with Crippen LogP contribution < -0.4 is 4.74 Å². The van der Waals surface area contributed by atoms with E-state index in [1.165, 1.54) is 6.07 Å². The summed E-state index contributed by atoms with van der Waals surface area (Å²) in [6.45, 7) is 0.412. The molecule has 0 radical (unpaired) electrons. The first-order chi connectivity index (χ1) is 6.31. The number of nitriles is 1. The van der Waals surface area contributed by atoms with Crippen LogP contribution in [0.4, 0.5) is 4.39 Å². The Morgan fingerprint density at radius 3 is 3.08 bits per heavy atom. The molecule has 0 aliphatic carbocycles. The van der Waals surface area contributed by atoms with Gasteiger partial charge in [-0.05, 0) is 12.1 Å². The SMILES string of the molecule is N#Cc1cc(F)cc2c1OCOC2. The van der Waals surface area contributed by atoms with Crippen molar-refractivity contribution in [1.29, 1.82) is 5.26 Å². The third kappa shape index (κ3) is 1.34. The molecule has 1 aromatic carbocycles. The van der Waals surface area contributed by atoms with Crippen LogP contribution >= 0.6 is 0 Å². The summed E-state index contributed by atoms with van der Waals surface area (Å²) in [6.07, 6.45) is 0. The Morgan fingerprint density at radius 2 is 2.31 bits per heavy atom. The smallest absolute Gasteiger partial charge is 0.189 e. The van der Waals surface area contributed by atoms with Crippen LogP contribution in [-0.4, -0.2) is 6.79 Å². The molecular formula is C9H6FNO2. The molecule has 0 atom stereocenters. The molecule has 2 rings (SSSR count). The quantitative estimate of drug-likeness (QED) is 0.607. The van der Waals surface area contributed by atoms with Crippen LogP contribution in [0.2, 0.25) is 0 Å². The molecule has 0 bridgehead atoms. The van der Waals surface area contributed by atoms with E-state index >= 15 is 0 Å². The maximum atomic E-state index is 12.9. The Kier molecular flexibility index (Phi) is 1.87. The van der Waals surface area contributed by atoms with E-state index in [4.69, 9.17) is 14.7 Å². The van der Waals surface area contributed by atoms with Crippen molar-refractivity contribution in [2.75, 3.05) is 6.79 Å². The Hall–Kier alpha value is -1.60. The average molecular weight is 179 g/mol. The van der Waals surface area contributed by atoms with E-state index < -0.39 is 5.82 Å². The van der Waals surface area contributed by atoms with E-state index in [0.29, 0.717) is 17.9 Å². The zero-order chi connectivity index (χ0) is 9.26. The number of ether oxygens (including phenoxy) is 2. The van der Waals surface area contributed by atoms with Gasteiger partial charge >= 0.3 is 0 Å². The lowest BCUT2D eigenvalue weighted by atomic mass is 10.1. The van der Waals surface area contributed by atoms with Crippen molar-refractivity contribution < 1.29 is 13.9 Å². The van der Waals surface area contributed by atoms with Crippen LogP contribution in [0.3, 0.4) is 0 Å². The summed E-state index contributed by atoms with van der Waals surface area (Å²) >= 11 is 0. The summed E-state index contributed by atoms with van der Waals surface area (Å²) in [5.74, 6) is -0.000417. The standard InChI is InChI=1S/C9H6FNO2/c10-8-1-6(3-11)9-7(2-8)4-12-5-13-9/h1-2H,4-5H2. The predicted octanol–water partition coefficient (Wildman–Crippen LogP) is 1.56. The van der Waals surface area contributed by atoms with E-state index in [1.54, 1.807) is 0 Å². The Labute approximate surface area is 74.3 Å². The van der Waals surface area contributed by atoms with Gasteiger partial charge in [0.15, 0.2) is 6.79 Å². The number of benzene rings is 1. The number of rotatable bonds is 0. The summed E-state index contributed by atoms with van der Waals surface area (Å²) < 4.78 is 22.9. The Bertz CT molecular complexity index is 384. The zero-order valence-electron chi connectivity index (χ0n) is 6.71. The Morgan fingerprint density at radius 1 is 1.46 bits per heavy atom. The fourth-order valence-corrected chi connectivity index (χ4v) is 1.26. The monoisotopic (exact) mass is 179 g/mol. The molecule has 0 spiro atoms. The number of nitrogens with zero attached hydrogens (tertiary/aromatic N) is 1. The van der Waals surface area contributed by atoms with Crippen molar-refractivity contribution in [3.63, 3.8) is 0 Å². The van der Waals surface area contributed by atoms with Gasteiger partial charge in [-0.25, -0.2) is 4.39 Å². The van der Waals surface area contributed by atoms with Crippen molar-refractivity contribution in [3.05, 3.63) is 29.1 Å². The zero-order valence-corrected chi connectivity index (χ0v) is 6.71. The van der Waals surface area contributed by atoms with Gasteiger partial charge in [-0.2, -0.15) is 5.26 Å². The van der Waals surface area contributed by atoms with E-state index in [1.807, 2.05) is 6.07 Å². The van der Waals surface area contributed by atoms with Crippen molar-refractivity contribution in [3.8, 4) is 11.8 Å². The highest BCUT2D eigenvalue weighted by Crippen LogP contribution is 2.28. The van der Waals surface area contributed by atoms with E-state index in [0.717, 1.165) is 6.07 Å². The first kappa shape index (κ1) is 8.02. The molecular weight excluding hydrogens is 173 g/mol. The van der Waals surface area contributed by atoms with Gasteiger partial charge in [-0.15, -0.1) is 0 Å². The highest BCUT2D eigenvalue weighted by atomic mass is 19.1. The molecule has 0 amide bonds. The van der Waals surface area contributed by atoms with Gasteiger partial charge in [0.05, 0.1) is 12.2 Å². The largest absolute Gasteiger partial charge is 0.466 e. The van der Waals surface area contributed by atoms with E-state index in [9.17, 15) is 4.39 Å². The van der Waals surface area contributed by atoms with Crippen LogP contribution in [0, 0.1) is 17.1 Å². The van der Waals surface area contributed by atoms with Gasteiger partial charge in [-0.1, -0.05) is 0 Å². The molecule has 0 saturated heterocycles. The lowest BCUT2D eigenvalue weighted by Crippen LogP contribution is -2.12. The fraction of sp³-hybridized carbons (Fsp3) is 0.222. The van der Waals surface area contributed by atoms with Crippen LogP contribution in [0.25, 0.3) is 0 Å². The van der Waals surface area contributed by atoms with Gasteiger partial charge in [0.1, 0.15) is 17.6 Å². The second kappa shape index (κ2) is 3.04. The van der Waals surface area contributed by atoms with Gasteiger partial charge in [-0.3, -0.25) is 0 Å². The minimum atomic E-state index is -0.440. The van der Waals surface area contributed by atoms with Gasteiger partial charge in [0.25, 0.3) is 0 Å². The summed E-state index contributed by atoms with van der Waals surface area (Å²) in [6, 6.07) is 4.35. The maximum Gasteiger partial charge on any atom is 0.189 e. The summed E-state index contributed by atoms with van der Waals surface area (Å²) in [5.41, 5.74) is 0.807. The van der Waals surface area contributed by atoms with Gasteiger partial charge in [0.2, 0.25) is 0 Å². The lowest BCUT2D eigenvalue weighted by Gasteiger charge is -2.18. The van der Waals surface area contributed by atoms with E-state index in [2.05, 4.69) is 0 Å². The lowest BCUT2D eigenvalue weighted by molar-refractivity contribution is -0.0167. The summed E-state index contributed by atoms with van der Waals surface area (Å²) in [4.78, 5) is 0. The average Bonchev–Trinajstić information content (AvgIpc) is 2.16. The van der Waals surface area contributed by atoms with Crippen LogP contribution in [0.5, 0.6) is 5.75 Å². The second-order valence-corrected chi connectivity index (χ2v) is 2.66. The molecule has 1 heterocycles. The molecule has 13 heavy (non-hydrogen) atoms. The third-order valence-electron chi connectivity index (χ3n) is 1.80. The fourth-order valence-electron chi connectivity index (χ4n) is 1.26. The minimum Gasteiger partial charge on any atom is -0.466 e. The van der Waals surface area contributed by atoms with Gasteiger partial charge < -0.3 is 9.47 Å². The number of hydrogen-bond acceptors (Lipinski definition) is 3. The number of halogens is 1. The molecule has 4 heteroatoms. The summed E-state index contributed by atoms with van der Waals surface area (Å²) in [7, 11) is 0. The maximum absolute atomic E-state index is 12.9. The van der Waals surface area contributed by atoms with Crippen LogP contribution in [-0.2, 0) is 11.3 Å². The molecule has 0 unspecified atom stereocenters. The second-order valence-electron chi connectivity index (χ2n) is 2.66. The molecule has 0 aromatic heterocycles. The highest BCUT2D eigenvalue weighted by Gasteiger charge is 2.16. The molecule has 1 aliphatic heterocycles. The molecule has 1 aromatic rings. The predicted molar refractivity (Wildman–Crippen MR) is 41.4 cm³/mol. The molecule has 3 nitrogen and oxygen atoms in total. The molecule has 66 valence electrons. The van der Waals surface area contributed by atoms with E-state index in [-0.39, 0.29) is 12.4 Å². The van der Waals surface area contributed by atoms with Gasteiger partial charge in [0, 0.05) is 5.56 Å². The van der Waals surface area contributed by atoms with Crippen molar-refractivity contribution in [1.82, 2.24) is 0 Å². The summed E-state index contributed by atoms with van der Waals surface area (Å²) in [5, 5.41) is 8.68. The third-order valence-corrected chi connectivity index (χ3v) is 1.80. The van der Waals surface area contributed by atoms with Crippen LogP contribution in [0.15, 0.2) is 12.1 Å². The molecule has 0 fully saturated rings. The number of hydrogen-bond donors (Lipinski definition) is 0. The molecule has 0 N–H and O–H groups in total. The van der Waals surface area contributed by atoms with Crippen molar-refractivity contribution in [2.45, 2.75) is 6.61 Å². The first-order valence-corrected chi connectivity index (χ1v) is 3.74. The normalized spacial score (nSPS) is 14.2. The Balaban J connectivity index is 2.58. The highest BCUT2D eigenvalue weighted by molar-refractivity contribution is 5.49. The number of fused-ring (bicyclic) bond motifs is 1. The first-order valence-electron chi connectivity index (χ1n) is 3.74. The van der Waals surface area contributed by atoms with Crippen LogP contribution in [0.1, 0.15) is 11.1 Å². The van der Waals surface area contributed by atoms with Crippen molar-refractivity contribution in [2.24, 2.45) is 0 Å². The minimum absolute atomic E-state index is 0.118. The van der Waals surface area contributed by atoms with Crippen molar-refractivity contribution >= 4 is 0 Å². The molecule has 0 saturated carbocycles.